The third-order valence-electron chi connectivity index (χ3n) is 2.81. The quantitative estimate of drug-likeness (QED) is 0.770. The zero-order chi connectivity index (χ0) is 12.8. The highest BCUT2D eigenvalue weighted by Gasteiger charge is 2.17. The van der Waals surface area contributed by atoms with E-state index in [0.29, 0.717) is 18.8 Å². The minimum atomic E-state index is -0.151. The first-order valence-electron chi connectivity index (χ1n) is 6.11. The van der Waals surface area contributed by atoms with Crippen LogP contribution in [-0.4, -0.2) is 20.3 Å². The Morgan fingerprint density at radius 3 is 2.59 bits per heavy atom. The van der Waals surface area contributed by atoms with Crippen molar-refractivity contribution in [3.05, 3.63) is 34.6 Å². The standard InChI is InChI=1S/C14H22FNO/c1-5-6-17-9-13(16-4)14-11(3)7-10(2)8-12(14)15/h7-8,13,16H,5-6,9H2,1-4H3. The summed E-state index contributed by atoms with van der Waals surface area (Å²) in [6.07, 6.45) is 0.978. The molecule has 0 fully saturated rings. The van der Waals surface area contributed by atoms with Gasteiger partial charge in [-0.1, -0.05) is 13.0 Å². The molecule has 0 saturated carbocycles. The van der Waals surface area contributed by atoms with Gasteiger partial charge in [-0.3, -0.25) is 0 Å². The molecule has 0 aliphatic heterocycles. The van der Waals surface area contributed by atoms with Crippen LogP contribution in [0.5, 0.6) is 0 Å². The summed E-state index contributed by atoms with van der Waals surface area (Å²) < 4.78 is 19.5. The van der Waals surface area contributed by atoms with Gasteiger partial charge in [-0.2, -0.15) is 0 Å². The first kappa shape index (κ1) is 14.1. The number of benzene rings is 1. The number of hydrogen-bond acceptors (Lipinski definition) is 2. The molecule has 1 aromatic rings. The van der Waals surface area contributed by atoms with Gasteiger partial charge in [0.1, 0.15) is 5.82 Å². The predicted octanol–water partition coefficient (Wildman–Crippen LogP) is 3.13. The van der Waals surface area contributed by atoms with E-state index in [1.165, 1.54) is 0 Å². The fourth-order valence-corrected chi connectivity index (χ4v) is 2.02. The maximum atomic E-state index is 14.0. The summed E-state index contributed by atoms with van der Waals surface area (Å²) in [5.74, 6) is -0.151. The van der Waals surface area contributed by atoms with E-state index < -0.39 is 0 Å². The number of halogens is 1. The minimum Gasteiger partial charge on any atom is -0.379 e. The van der Waals surface area contributed by atoms with Crippen molar-refractivity contribution < 1.29 is 9.13 Å². The zero-order valence-corrected chi connectivity index (χ0v) is 11.1. The number of hydrogen-bond donors (Lipinski definition) is 1. The lowest BCUT2D eigenvalue weighted by atomic mass is 9.99. The Morgan fingerprint density at radius 2 is 2.06 bits per heavy atom. The van der Waals surface area contributed by atoms with Gasteiger partial charge in [0.15, 0.2) is 0 Å². The molecule has 0 aliphatic rings. The molecule has 0 amide bonds. The summed E-state index contributed by atoms with van der Waals surface area (Å²) in [5.41, 5.74) is 2.64. The van der Waals surface area contributed by atoms with Crippen molar-refractivity contribution in [2.24, 2.45) is 0 Å². The maximum Gasteiger partial charge on any atom is 0.128 e. The Kier molecular flexibility index (Phi) is 5.59. The summed E-state index contributed by atoms with van der Waals surface area (Å²) in [6, 6.07) is 3.50. The molecule has 1 unspecified atom stereocenters. The van der Waals surface area contributed by atoms with Crippen molar-refractivity contribution in [3.8, 4) is 0 Å². The molecule has 3 heteroatoms. The van der Waals surface area contributed by atoms with Gasteiger partial charge in [-0.15, -0.1) is 0 Å². The van der Waals surface area contributed by atoms with Crippen LogP contribution in [0.15, 0.2) is 12.1 Å². The largest absolute Gasteiger partial charge is 0.379 e. The van der Waals surface area contributed by atoms with Crippen LogP contribution in [0.3, 0.4) is 0 Å². The van der Waals surface area contributed by atoms with E-state index in [-0.39, 0.29) is 11.9 Å². The smallest absolute Gasteiger partial charge is 0.128 e. The second kappa shape index (κ2) is 6.72. The fraction of sp³-hybridized carbons (Fsp3) is 0.571. The molecule has 96 valence electrons. The number of likely N-dealkylation sites (N-methyl/N-ethyl adjacent to an activating group) is 1. The predicted molar refractivity (Wildman–Crippen MR) is 68.8 cm³/mol. The Hall–Kier alpha value is -0.930. The Bertz CT molecular complexity index is 342. The molecule has 0 aliphatic carbocycles. The van der Waals surface area contributed by atoms with Crippen molar-refractivity contribution in [2.75, 3.05) is 20.3 Å². The number of aryl methyl sites for hydroxylation is 2. The second-order valence-corrected chi connectivity index (χ2v) is 4.39. The van der Waals surface area contributed by atoms with Gasteiger partial charge in [0.25, 0.3) is 0 Å². The summed E-state index contributed by atoms with van der Waals surface area (Å²) in [7, 11) is 1.83. The SMILES string of the molecule is CCCOCC(NC)c1c(C)cc(C)cc1F. The Balaban J connectivity index is 2.87. The lowest BCUT2D eigenvalue weighted by molar-refractivity contribution is 0.113. The molecule has 0 aromatic heterocycles. The fourth-order valence-electron chi connectivity index (χ4n) is 2.02. The molecular formula is C14H22FNO. The van der Waals surface area contributed by atoms with Gasteiger partial charge in [-0.05, 0) is 44.5 Å². The molecular weight excluding hydrogens is 217 g/mol. The molecule has 0 heterocycles. The van der Waals surface area contributed by atoms with Gasteiger partial charge in [0, 0.05) is 12.2 Å². The van der Waals surface area contributed by atoms with E-state index in [0.717, 1.165) is 17.5 Å². The first-order chi connectivity index (χ1) is 8.10. The van der Waals surface area contributed by atoms with E-state index in [9.17, 15) is 4.39 Å². The van der Waals surface area contributed by atoms with Crippen LogP contribution in [0.25, 0.3) is 0 Å². The van der Waals surface area contributed by atoms with Crippen LogP contribution in [-0.2, 0) is 4.74 Å². The van der Waals surface area contributed by atoms with Gasteiger partial charge in [0.2, 0.25) is 0 Å². The van der Waals surface area contributed by atoms with Crippen LogP contribution >= 0.6 is 0 Å². The summed E-state index contributed by atoms with van der Waals surface area (Å²) in [6.45, 7) is 7.12. The molecule has 1 N–H and O–H groups in total. The Labute approximate surface area is 103 Å². The minimum absolute atomic E-state index is 0.0813. The normalized spacial score (nSPS) is 12.8. The highest BCUT2D eigenvalue weighted by Crippen LogP contribution is 2.23. The van der Waals surface area contributed by atoms with E-state index in [4.69, 9.17) is 4.74 Å². The van der Waals surface area contributed by atoms with E-state index >= 15 is 0 Å². The van der Waals surface area contributed by atoms with Crippen molar-refractivity contribution in [2.45, 2.75) is 33.2 Å². The van der Waals surface area contributed by atoms with Crippen molar-refractivity contribution in [1.82, 2.24) is 5.32 Å². The van der Waals surface area contributed by atoms with Crippen LogP contribution in [0.2, 0.25) is 0 Å². The summed E-state index contributed by atoms with van der Waals surface area (Å²) >= 11 is 0. The zero-order valence-electron chi connectivity index (χ0n) is 11.1. The second-order valence-electron chi connectivity index (χ2n) is 4.39. The highest BCUT2D eigenvalue weighted by molar-refractivity contribution is 5.34. The number of ether oxygens (including phenoxy) is 1. The first-order valence-corrected chi connectivity index (χ1v) is 6.11. The lowest BCUT2D eigenvalue weighted by Crippen LogP contribution is -2.24. The lowest BCUT2D eigenvalue weighted by Gasteiger charge is -2.20. The highest BCUT2D eigenvalue weighted by atomic mass is 19.1. The van der Waals surface area contributed by atoms with Gasteiger partial charge in [-0.25, -0.2) is 4.39 Å². The number of nitrogens with one attached hydrogen (secondary N) is 1. The Morgan fingerprint density at radius 1 is 1.35 bits per heavy atom. The third kappa shape index (κ3) is 3.79. The van der Waals surface area contributed by atoms with Gasteiger partial charge in [0.05, 0.1) is 12.6 Å². The summed E-state index contributed by atoms with van der Waals surface area (Å²) in [5, 5.41) is 3.11. The molecule has 0 saturated heterocycles. The van der Waals surface area contributed by atoms with E-state index in [1.807, 2.05) is 27.0 Å². The molecule has 1 aromatic carbocycles. The monoisotopic (exact) mass is 239 g/mol. The molecule has 1 rings (SSSR count). The molecule has 0 radical (unpaired) electrons. The average molecular weight is 239 g/mol. The van der Waals surface area contributed by atoms with Crippen molar-refractivity contribution >= 4 is 0 Å². The van der Waals surface area contributed by atoms with Crippen molar-refractivity contribution in [3.63, 3.8) is 0 Å². The summed E-state index contributed by atoms with van der Waals surface area (Å²) in [4.78, 5) is 0. The maximum absolute atomic E-state index is 14.0. The molecule has 17 heavy (non-hydrogen) atoms. The van der Waals surface area contributed by atoms with Gasteiger partial charge >= 0.3 is 0 Å². The molecule has 0 bridgehead atoms. The number of rotatable bonds is 6. The third-order valence-corrected chi connectivity index (χ3v) is 2.81. The average Bonchev–Trinajstić information content (AvgIpc) is 2.25. The topological polar surface area (TPSA) is 21.3 Å². The molecule has 2 nitrogen and oxygen atoms in total. The molecule has 1 atom stereocenters. The van der Waals surface area contributed by atoms with Crippen LogP contribution in [0.1, 0.15) is 36.1 Å². The molecule has 0 spiro atoms. The van der Waals surface area contributed by atoms with E-state index in [2.05, 4.69) is 12.2 Å². The van der Waals surface area contributed by atoms with Crippen LogP contribution < -0.4 is 5.32 Å². The van der Waals surface area contributed by atoms with Crippen LogP contribution in [0.4, 0.5) is 4.39 Å². The van der Waals surface area contributed by atoms with Crippen LogP contribution in [0, 0.1) is 19.7 Å². The van der Waals surface area contributed by atoms with Gasteiger partial charge < -0.3 is 10.1 Å². The van der Waals surface area contributed by atoms with E-state index in [1.54, 1.807) is 6.07 Å². The van der Waals surface area contributed by atoms with Crippen molar-refractivity contribution in [1.29, 1.82) is 0 Å².